The van der Waals surface area contributed by atoms with Crippen molar-refractivity contribution in [2.75, 3.05) is 11.1 Å². The summed E-state index contributed by atoms with van der Waals surface area (Å²) in [6.45, 7) is 4.80. The van der Waals surface area contributed by atoms with E-state index in [1.165, 1.54) is 18.0 Å². The topological polar surface area (TPSA) is 97.1 Å². The van der Waals surface area contributed by atoms with Crippen molar-refractivity contribution < 1.29 is 4.79 Å². The lowest BCUT2D eigenvalue weighted by Gasteiger charge is -2.09. The average Bonchev–Trinajstić information content (AvgIpc) is 3.14. The highest BCUT2D eigenvalue weighted by molar-refractivity contribution is 7.99. The first-order valence-corrected chi connectivity index (χ1v) is 10.4. The molecular weight excluding hydrogens is 422 g/mol. The lowest BCUT2D eigenvalue weighted by Crippen LogP contribution is -2.20. The number of carbonyl (C=O) groups excluding carboxylic acids is 1. The lowest BCUT2D eigenvalue weighted by atomic mass is 10.3. The van der Waals surface area contributed by atoms with Gasteiger partial charge in [-0.05, 0) is 36.4 Å². The SMILES string of the molecule is C=CCn1c(CNc2ccc(Cl)cc2)nnc1SCC(=O)N/N=C/c1ccccn1. The van der Waals surface area contributed by atoms with E-state index in [1.807, 2.05) is 41.0 Å². The van der Waals surface area contributed by atoms with Gasteiger partial charge in [0.05, 0.1) is 24.2 Å². The van der Waals surface area contributed by atoms with Gasteiger partial charge in [0.2, 0.25) is 0 Å². The summed E-state index contributed by atoms with van der Waals surface area (Å²) in [5.74, 6) is 0.640. The fourth-order valence-corrected chi connectivity index (χ4v) is 3.29. The van der Waals surface area contributed by atoms with E-state index in [0.29, 0.717) is 29.0 Å². The minimum absolute atomic E-state index is 0.152. The molecule has 0 fully saturated rings. The maximum Gasteiger partial charge on any atom is 0.250 e. The Morgan fingerprint density at radius 3 is 2.80 bits per heavy atom. The second-order valence-corrected chi connectivity index (χ2v) is 7.37. The predicted molar refractivity (Wildman–Crippen MR) is 120 cm³/mol. The maximum absolute atomic E-state index is 12.1. The Bertz CT molecular complexity index is 1010. The zero-order valence-corrected chi connectivity index (χ0v) is 17.6. The molecule has 0 saturated heterocycles. The van der Waals surface area contributed by atoms with Crippen LogP contribution in [0.5, 0.6) is 0 Å². The molecule has 30 heavy (non-hydrogen) atoms. The molecule has 10 heteroatoms. The number of thioether (sulfide) groups is 1. The van der Waals surface area contributed by atoms with Gasteiger partial charge in [0.25, 0.3) is 5.91 Å². The van der Waals surface area contributed by atoms with Crippen LogP contribution >= 0.6 is 23.4 Å². The summed E-state index contributed by atoms with van der Waals surface area (Å²) < 4.78 is 1.91. The standard InChI is InChI=1S/C20H20ClN7OS/c1-2-11-28-18(13-23-16-8-6-15(21)7-9-16)25-27-20(28)30-14-19(29)26-24-12-17-5-3-4-10-22-17/h2-10,12,23H,1,11,13-14H2,(H,26,29)/b24-12+. The predicted octanol–water partition coefficient (Wildman–Crippen LogP) is 3.37. The number of halogens is 1. The van der Waals surface area contributed by atoms with Crippen molar-refractivity contribution in [3.63, 3.8) is 0 Å². The highest BCUT2D eigenvalue weighted by Gasteiger charge is 2.13. The molecule has 1 amide bonds. The van der Waals surface area contributed by atoms with Crippen LogP contribution in [0.2, 0.25) is 5.02 Å². The van der Waals surface area contributed by atoms with E-state index < -0.39 is 0 Å². The summed E-state index contributed by atoms with van der Waals surface area (Å²) in [6.07, 6.45) is 4.91. The summed E-state index contributed by atoms with van der Waals surface area (Å²) in [7, 11) is 0. The molecule has 0 unspecified atom stereocenters. The quantitative estimate of drug-likeness (QED) is 0.217. The van der Waals surface area contributed by atoms with E-state index in [1.54, 1.807) is 18.3 Å². The van der Waals surface area contributed by atoms with Crippen molar-refractivity contribution in [2.24, 2.45) is 5.10 Å². The van der Waals surface area contributed by atoms with Crippen LogP contribution < -0.4 is 10.7 Å². The first kappa shape index (κ1) is 21.5. The van der Waals surface area contributed by atoms with Gasteiger partial charge in [-0.25, -0.2) is 5.43 Å². The van der Waals surface area contributed by atoms with Crippen LogP contribution in [-0.4, -0.2) is 37.6 Å². The molecule has 0 radical (unpaired) electrons. The number of benzene rings is 1. The van der Waals surface area contributed by atoms with E-state index in [4.69, 9.17) is 11.6 Å². The number of nitrogens with zero attached hydrogens (tertiary/aromatic N) is 5. The molecular formula is C20H20ClN7OS. The van der Waals surface area contributed by atoms with Crippen LogP contribution in [0.4, 0.5) is 5.69 Å². The van der Waals surface area contributed by atoms with Gasteiger partial charge in [-0.15, -0.1) is 16.8 Å². The summed E-state index contributed by atoms with van der Waals surface area (Å²) in [4.78, 5) is 16.2. The highest BCUT2D eigenvalue weighted by atomic mass is 35.5. The third-order valence-electron chi connectivity index (χ3n) is 3.81. The summed E-state index contributed by atoms with van der Waals surface area (Å²) in [5.41, 5.74) is 4.06. The third-order valence-corrected chi connectivity index (χ3v) is 5.02. The molecule has 0 bridgehead atoms. The number of hydrogen-bond donors (Lipinski definition) is 2. The number of hydrogen-bond acceptors (Lipinski definition) is 7. The van der Waals surface area contributed by atoms with Gasteiger partial charge < -0.3 is 9.88 Å². The maximum atomic E-state index is 12.1. The minimum Gasteiger partial charge on any atom is -0.378 e. The molecule has 0 atom stereocenters. The summed E-state index contributed by atoms with van der Waals surface area (Å²) in [6, 6.07) is 12.9. The molecule has 2 aromatic heterocycles. The molecule has 154 valence electrons. The number of carbonyl (C=O) groups is 1. The van der Waals surface area contributed by atoms with Gasteiger partial charge >= 0.3 is 0 Å². The molecule has 0 aliphatic carbocycles. The molecule has 1 aromatic carbocycles. The van der Waals surface area contributed by atoms with E-state index >= 15 is 0 Å². The molecule has 0 aliphatic heterocycles. The van der Waals surface area contributed by atoms with Crippen molar-refractivity contribution in [1.82, 2.24) is 25.2 Å². The fraction of sp³-hybridized carbons (Fsp3) is 0.150. The van der Waals surface area contributed by atoms with Gasteiger partial charge in [0.1, 0.15) is 0 Å². The Morgan fingerprint density at radius 1 is 1.23 bits per heavy atom. The number of allylic oxidation sites excluding steroid dienone is 1. The Hall–Kier alpha value is -3.17. The first-order chi connectivity index (χ1) is 14.7. The lowest BCUT2D eigenvalue weighted by molar-refractivity contribution is -0.118. The second-order valence-electron chi connectivity index (χ2n) is 5.99. The van der Waals surface area contributed by atoms with Crippen molar-refractivity contribution in [3.05, 3.63) is 77.9 Å². The molecule has 0 aliphatic rings. The van der Waals surface area contributed by atoms with Crippen molar-refractivity contribution in [2.45, 2.75) is 18.2 Å². The molecule has 8 nitrogen and oxygen atoms in total. The largest absolute Gasteiger partial charge is 0.378 e. The van der Waals surface area contributed by atoms with E-state index in [2.05, 4.69) is 37.6 Å². The molecule has 3 aromatic rings. The van der Waals surface area contributed by atoms with E-state index in [9.17, 15) is 4.79 Å². The van der Waals surface area contributed by atoms with Gasteiger partial charge in [-0.1, -0.05) is 35.5 Å². The number of aromatic nitrogens is 4. The zero-order chi connectivity index (χ0) is 21.2. The second kappa shape index (κ2) is 11.1. The number of pyridine rings is 1. The Morgan fingerprint density at radius 2 is 2.07 bits per heavy atom. The van der Waals surface area contributed by atoms with Gasteiger partial charge in [-0.3, -0.25) is 9.78 Å². The van der Waals surface area contributed by atoms with E-state index in [-0.39, 0.29) is 11.7 Å². The Kier molecular flexibility index (Phi) is 7.99. The molecule has 0 spiro atoms. The monoisotopic (exact) mass is 441 g/mol. The van der Waals surface area contributed by atoms with Crippen molar-refractivity contribution in [3.8, 4) is 0 Å². The number of amides is 1. The van der Waals surface area contributed by atoms with Crippen LogP contribution in [0.1, 0.15) is 11.5 Å². The van der Waals surface area contributed by atoms with Crippen molar-refractivity contribution >= 4 is 41.2 Å². The van der Waals surface area contributed by atoms with Gasteiger partial charge in [0, 0.05) is 23.5 Å². The molecule has 2 heterocycles. The number of hydrazone groups is 1. The van der Waals surface area contributed by atoms with Crippen LogP contribution in [0.25, 0.3) is 0 Å². The normalized spacial score (nSPS) is 10.8. The Labute approximate surface area is 183 Å². The zero-order valence-electron chi connectivity index (χ0n) is 16.0. The van der Waals surface area contributed by atoms with Gasteiger partial charge in [-0.2, -0.15) is 5.10 Å². The number of rotatable bonds is 10. The minimum atomic E-state index is -0.249. The van der Waals surface area contributed by atoms with Crippen molar-refractivity contribution in [1.29, 1.82) is 0 Å². The van der Waals surface area contributed by atoms with Gasteiger partial charge in [0.15, 0.2) is 11.0 Å². The van der Waals surface area contributed by atoms with Crippen LogP contribution in [0.3, 0.4) is 0 Å². The molecule has 3 rings (SSSR count). The third kappa shape index (κ3) is 6.43. The smallest absolute Gasteiger partial charge is 0.250 e. The average molecular weight is 442 g/mol. The van der Waals surface area contributed by atoms with Crippen LogP contribution in [0.15, 0.2) is 71.6 Å². The number of nitrogens with one attached hydrogen (secondary N) is 2. The van der Waals surface area contributed by atoms with Crippen LogP contribution in [-0.2, 0) is 17.9 Å². The number of anilines is 1. The fourth-order valence-electron chi connectivity index (χ4n) is 2.40. The first-order valence-electron chi connectivity index (χ1n) is 9.04. The molecule has 0 saturated carbocycles. The van der Waals surface area contributed by atoms with Crippen LogP contribution in [0, 0.1) is 0 Å². The van der Waals surface area contributed by atoms with E-state index in [0.717, 1.165) is 11.5 Å². The molecule has 2 N–H and O–H groups in total. The summed E-state index contributed by atoms with van der Waals surface area (Å²) in [5, 5.41) is 16.9. The Balaban J connectivity index is 1.54. The highest BCUT2D eigenvalue weighted by Crippen LogP contribution is 2.19. The summed E-state index contributed by atoms with van der Waals surface area (Å²) >= 11 is 7.19.